The number of aromatic nitrogens is 1. The lowest BCUT2D eigenvalue weighted by Gasteiger charge is -2.24. The Morgan fingerprint density at radius 3 is 2.61 bits per heavy atom. The van der Waals surface area contributed by atoms with Crippen molar-refractivity contribution in [3.8, 4) is 16.9 Å². The van der Waals surface area contributed by atoms with E-state index in [0.29, 0.717) is 24.9 Å². The van der Waals surface area contributed by atoms with E-state index in [0.717, 1.165) is 94.5 Å². The Labute approximate surface area is 298 Å². The van der Waals surface area contributed by atoms with Crippen LogP contribution in [0.25, 0.3) is 11.1 Å². The second-order valence-corrected chi connectivity index (χ2v) is 15.2. The molecule has 2 saturated carbocycles. The Balaban J connectivity index is 1.17. The second kappa shape index (κ2) is 18.4. The number of nitrogens with zero attached hydrogens (tertiary/aromatic N) is 2. The molecule has 0 spiro atoms. The van der Waals surface area contributed by atoms with Gasteiger partial charge in [-0.1, -0.05) is 43.3 Å². The zero-order valence-electron chi connectivity index (χ0n) is 29.8. The average molecular weight is 688 g/mol. The van der Waals surface area contributed by atoms with Crippen LogP contribution >= 0.6 is 11.8 Å². The molecule has 1 amide bonds. The summed E-state index contributed by atoms with van der Waals surface area (Å²) in [6, 6.07) is 17.4. The van der Waals surface area contributed by atoms with Crippen LogP contribution in [-0.4, -0.2) is 69.9 Å². The maximum Gasteiger partial charge on any atom is 0.222 e. The van der Waals surface area contributed by atoms with Gasteiger partial charge in [-0.2, -0.15) is 11.8 Å². The Morgan fingerprint density at radius 2 is 1.86 bits per heavy atom. The Morgan fingerprint density at radius 1 is 1.06 bits per heavy atom. The number of aliphatic hydroxyl groups excluding tert-OH is 2. The van der Waals surface area contributed by atoms with Crippen molar-refractivity contribution in [1.29, 1.82) is 0 Å². The van der Waals surface area contributed by atoms with Gasteiger partial charge in [0.05, 0.1) is 18.8 Å². The van der Waals surface area contributed by atoms with E-state index < -0.39 is 6.10 Å². The maximum absolute atomic E-state index is 13.2. The summed E-state index contributed by atoms with van der Waals surface area (Å²) in [5.74, 6) is 2.60. The monoisotopic (exact) mass is 687 g/mol. The SMILES string of the molecule is CSCCCN(CCCCC(O)CO)C(=O)CCCC(C)c1ccc(C)c(CNC2(c3cnccc3-c3ccccc3OC3CC3)CC2)c1. The number of benzene rings is 2. The molecule has 2 fully saturated rings. The molecule has 2 aliphatic rings. The highest BCUT2D eigenvalue weighted by atomic mass is 32.2. The summed E-state index contributed by atoms with van der Waals surface area (Å²) >= 11 is 1.81. The number of carbonyl (C=O) groups excluding carboxylic acids is 1. The van der Waals surface area contributed by atoms with Crippen molar-refractivity contribution < 1.29 is 19.7 Å². The highest BCUT2D eigenvalue weighted by Crippen LogP contribution is 2.50. The van der Waals surface area contributed by atoms with Gasteiger partial charge in [0.15, 0.2) is 0 Å². The number of amides is 1. The van der Waals surface area contributed by atoms with Crippen molar-refractivity contribution in [2.24, 2.45) is 0 Å². The number of nitrogens with one attached hydrogen (secondary N) is 1. The molecule has 0 radical (unpaired) electrons. The molecule has 1 heterocycles. The third kappa shape index (κ3) is 10.8. The summed E-state index contributed by atoms with van der Waals surface area (Å²) in [6.07, 6.45) is 15.8. The molecule has 3 N–H and O–H groups in total. The number of aryl methyl sites for hydroxylation is 1. The fourth-order valence-corrected chi connectivity index (χ4v) is 7.12. The van der Waals surface area contributed by atoms with Crippen molar-refractivity contribution in [2.45, 2.75) is 115 Å². The summed E-state index contributed by atoms with van der Waals surface area (Å²) in [7, 11) is 0. The zero-order valence-corrected chi connectivity index (χ0v) is 30.6. The molecule has 2 unspecified atom stereocenters. The van der Waals surface area contributed by atoms with Gasteiger partial charge >= 0.3 is 0 Å². The average Bonchev–Trinajstić information content (AvgIpc) is 4.06. The van der Waals surface area contributed by atoms with Gasteiger partial charge < -0.3 is 25.2 Å². The van der Waals surface area contributed by atoms with Gasteiger partial charge in [0, 0.05) is 49.6 Å². The first kappa shape index (κ1) is 37.3. The topological polar surface area (TPSA) is 94.9 Å². The molecule has 7 nitrogen and oxygen atoms in total. The smallest absolute Gasteiger partial charge is 0.222 e. The molecule has 2 aromatic carbocycles. The van der Waals surface area contributed by atoms with E-state index in [1.165, 1.54) is 27.8 Å². The quantitative estimate of drug-likeness (QED) is 0.0930. The van der Waals surface area contributed by atoms with Crippen LogP contribution in [0.15, 0.2) is 60.9 Å². The van der Waals surface area contributed by atoms with Gasteiger partial charge in [0.2, 0.25) is 5.91 Å². The lowest BCUT2D eigenvalue weighted by Crippen LogP contribution is -2.33. The number of thioether (sulfide) groups is 1. The van der Waals surface area contributed by atoms with Gasteiger partial charge in [0.1, 0.15) is 5.75 Å². The zero-order chi connectivity index (χ0) is 34.6. The van der Waals surface area contributed by atoms with E-state index >= 15 is 0 Å². The molecule has 5 rings (SSSR count). The second-order valence-electron chi connectivity index (χ2n) is 14.2. The molecule has 8 heteroatoms. The molecule has 0 saturated heterocycles. The van der Waals surface area contributed by atoms with Gasteiger partial charge in [-0.15, -0.1) is 0 Å². The minimum Gasteiger partial charge on any atom is -0.490 e. The molecule has 49 heavy (non-hydrogen) atoms. The summed E-state index contributed by atoms with van der Waals surface area (Å²) in [6.45, 7) is 6.57. The molecule has 3 aromatic rings. The van der Waals surface area contributed by atoms with Crippen LogP contribution in [0.2, 0.25) is 0 Å². The first-order valence-corrected chi connectivity index (χ1v) is 19.8. The molecule has 1 aromatic heterocycles. The Kier molecular flexibility index (Phi) is 14.0. The number of rotatable bonds is 22. The predicted octanol–water partition coefficient (Wildman–Crippen LogP) is 7.76. The summed E-state index contributed by atoms with van der Waals surface area (Å²) in [5, 5.41) is 22.7. The number of unbranched alkanes of at least 4 members (excludes halogenated alkanes) is 1. The van der Waals surface area contributed by atoms with Crippen LogP contribution in [0.1, 0.15) is 106 Å². The standard InChI is InChI=1S/C41H57N3O4S/c1-30(10-8-14-40(47)44(24-9-25-49-3)23-7-6-11-34(46)29-45)32-16-15-31(2)33(26-32)27-43-41(20-21-41)38-28-42-22-19-36(38)37-12-4-5-13-39(37)48-35-17-18-35/h4-5,12-13,15-16,19,22,26,28,30,34-35,43,45-46H,6-11,14,17-18,20-21,23-25,27,29H2,1-3H3. The molecular formula is C41H57N3O4S. The number of hydrogen-bond acceptors (Lipinski definition) is 7. The molecule has 2 atom stereocenters. The van der Waals surface area contributed by atoms with Crippen LogP contribution in [0.3, 0.4) is 0 Å². The van der Waals surface area contributed by atoms with Crippen LogP contribution in [0, 0.1) is 6.92 Å². The minimum atomic E-state index is -0.663. The van der Waals surface area contributed by atoms with E-state index in [1.54, 1.807) is 0 Å². The minimum absolute atomic E-state index is 0.0922. The molecule has 266 valence electrons. The first-order valence-electron chi connectivity index (χ1n) is 18.4. The molecular weight excluding hydrogens is 631 g/mol. The van der Waals surface area contributed by atoms with E-state index in [1.807, 2.05) is 29.1 Å². The lowest BCUT2D eigenvalue weighted by atomic mass is 9.91. The van der Waals surface area contributed by atoms with Gasteiger partial charge in [0.25, 0.3) is 0 Å². The number of carbonyl (C=O) groups is 1. The Hall–Kier alpha value is -2.91. The van der Waals surface area contributed by atoms with Crippen molar-refractivity contribution in [2.75, 3.05) is 31.7 Å². The van der Waals surface area contributed by atoms with Crippen molar-refractivity contribution >= 4 is 17.7 Å². The molecule has 0 aliphatic heterocycles. The van der Waals surface area contributed by atoms with E-state index in [4.69, 9.17) is 9.84 Å². The van der Waals surface area contributed by atoms with Gasteiger partial charge in [-0.25, -0.2) is 0 Å². The van der Waals surface area contributed by atoms with Crippen LogP contribution in [0.4, 0.5) is 0 Å². The Bertz CT molecular complexity index is 1490. The third-order valence-corrected chi connectivity index (χ3v) is 10.9. The van der Waals surface area contributed by atoms with Crippen molar-refractivity contribution in [1.82, 2.24) is 15.2 Å². The number of ether oxygens (including phenoxy) is 1. The van der Waals surface area contributed by atoms with Crippen molar-refractivity contribution in [3.63, 3.8) is 0 Å². The maximum atomic E-state index is 13.2. The molecule has 2 aliphatic carbocycles. The summed E-state index contributed by atoms with van der Waals surface area (Å²) in [5.41, 5.74) is 7.44. The number of hydrogen-bond donors (Lipinski definition) is 3. The lowest BCUT2D eigenvalue weighted by molar-refractivity contribution is -0.131. The highest BCUT2D eigenvalue weighted by Gasteiger charge is 2.46. The normalized spacial score (nSPS) is 16.3. The van der Waals surface area contributed by atoms with Gasteiger partial charge in [-0.05, 0) is 129 Å². The number of aliphatic hydroxyl groups is 2. The number of para-hydroxylation sites is 1. The van der Waals surface area contributed by atoms with Crippen LogP contribution in [0.5, 0.6) is 5.75 Å². The van der Waals surface area contributed by atoms with Gasteiger partial charge in [-0.3, -0.25) is 9.78 Å². The highest BCUT2D eigenvalue weighted by molar-refractivity contribution is 7.98. The summed E-state index contributed by atoms with van der Waals surface area (Å²) < 4.78 is 6.31. The van der Waals surface area contributed by atoms with E-state index in [9.17, 15) is 9.90 Å². The fraction of sp³-hybridized carbons (Fsp3) is 0.561. The third-order valence-electron chi connectivity index (χ3n) is 10.2. The van der Waals surface area contributed by atoms with Crippen LogP contribution in [-0.2, 0) is 16.9 Å². The molecule has 0 bridgehead atoms. The fourth-order valence-electron chi connectivity index (χ4n) is 6.71. The first-order chi connectivity index (χ1) is 23.8. The van der Waals surface area contributed by atoms with Crippen molar-refractivity contribution in [3.05, 3.63) is 83.2 Å². The largest absolute Gasteiger partial charge is 0.490 e. The van der Waals surface area contributed by atoms with Crippen LogP contribution < -0.4 is 10.1 Å². The van der Waals surface area contributed by atoms with E-state index in [2.05, 4.69) is 78.9 Å². The number of pyridine rings is 1. The summed E-state index contributed by atoms with van der Waals surface area (Å²) in [4.78, 5) is 19.8. The van der Waals surface area contributed by atoms with E-state index in [-0.39, 0.29) is 18.1 Å². The predicted molar refractivity (Wildman–Crippen MR) is 201 cm³/mol.